The van der Waals surface area contributed by atoms with Crippen LogP contribution in [0.25, 0.3) is 10.9 Å². The molecule has 1 fully saturated rings. The van der Waals surface area contributed by atoms with E-state index in [1.54, 1.807) is 34.3 Å². The van der Waals surface area contributed by atoms with Gasteiger partial charge in [0.25, 0.3) is 0 Å². The fourth-order valence-electron chi connectivity index (χ4n) is 5.05. The third kappa shape index (κ3) is 2.96. The monoisotopic (exact) mass is 440 g/mol. The van der Waals surface area contributed by atoms with Gasteiger partial charge in [0.15, 0.2) is 0 Å². The van der Waals surface area contributed by atoms with Crippen molar-refractivity contribution in [1.29, 1.82) is 0 Å². The number of aromatic nitrogens is 1. The Labute approximate surface area is 186 Å². The van der Waals surface area contributed by atoms with E-state index in [0.29, 0.717) is 17.3 Å². The largest absolute Gasteiger partial charge is 0.497 e. The summed E-state index contributed by atoms with van der Waals surface area (Å²) < 4.78 is 16.9. The normalized spacial score (nSPS) is 18.7. The minimum Gasteiger partial charge on any atom is -0.497 e. The number of halogens is 1. The lowest BCUT2D eigenvalue weighted by Crippen LogP contribution is -2.44. The number of hydrogen-bond donors (Lipinski definition) is 1. The van der Waals surface area contributed by atoms with E-state index in [-0.39, 0.29) is 17.4 Å². The molecule has 1 aliphatic carbocycles. The summed E-state index contributed by atoms with van der Waals surface area (Å²) in [5.74, 6) is 2.15. The van der Waals surface area contributed by atoms with Crippen LogP contribution in [0.2, 0.25) is 5.02 Å². The van der Waals surface area contributed by atoms with Crippen LogP contribution in [0.3, 0.4) is 0 Å². The number of H-pyrrole nitrogens is 1. The standard InChI is InChI=1S/C24H25ClN2O4/c1-13(28)27-12-24(7-8-24)20-17-10-15(29-2)11-19(31-4)21(17)26-22(20)23(27)16-6-5-14(25)9-18(16)30-3/h5-6,9-11,23,26H,7-8,12H2,1-4H3. The van der Waals surface area contributed by atoms with Gasteiger partial charge in [0.2, 0.25) is 5.91 Å². The van der Waals surface area contributed by atoms with E-state index >= 15 is 0 Å². The number of methoxy groups -OCH3 is 3. The highest BCUT2D eigenvalue weighted by atomic mass is 35.5. The smallest absolute Gasteiger partial charge is 0.220 e. The van der Waals surface area contributed by atoms with Gasteiger partial charge in [0, 0.05) is 46.6 Å². The van der Waals surface area contributed by atoms with Crippen LogP contribution in [0.5, 0.6) is 17.2 Å². The zero-order valence-electron chi connectivity index (χ0n) is 18.0. The fourth-order valence-corrected chi connectivity index (χ4v) is 5.21. The molecule has 0 radical (unpaired) electrons. The maximum absolute atomic E-state index is 12.8. The molecule has 0 bridgehead atoms. The van der Waals surface area contributed by atoms with Crippen LogP contribution in [-0.2, 0) is 10.2 Å². The molecule has 31 heavy (non-hydrogen) atoms. The zero-order valence-corrected chi connectivity index (χ0v) is 18.8. The number of amides is 1. The van der Waals surface area contributed by atoms with Gasteiger partial charge >= 0.3 is 0 Å². The summed E-state index contributed by atoms with van der Waals surface area (Å²) in [5.41, 5.74) is 4.02. The number of nitrogens with zero attached hydrogens (tertiary/aromatic N) is 1. The predicted octanol–water partition coefficient (Wildman–Crippen LogP) is 4.83. The maximum atomic E-state index is 12.8. The quantitative estimate of drug-likeness (QED) is 0.631. The molecule has 1 saturated carbocycles. The van der Waals surface area contributed by atoms with Gasteiger partial charge in [0.1, 0.15) is 23.3 Å². The van der Waals surface area contributed by atoms with Crippen LogP contribution >= 0.6 is 11.6 Å². The number of rotatable bonds is 4. The molecule has 1 aliphatic heterocycles. The first-order valence-electron chi connectivity index (χ1n) is 10.3. The number of hydrogen-bond acceptors (Lipinski definition) is 4. The number of carbonyl (C=O) groups is 1. The zero-order chi connectivity index (χ0) is 21.9. The van der Waals surface area contributed by atoms with Crippen LogP contribution in [-0.4, -0.2) is 43.7 Å². The lowest BCUT2D eigenvalue weighted by Gasteiger charge is -2.40. The van der Waals surface area contributed by atoms with E-state index in [0.717, 1.165) is 46.5 Å². The van der Waals surface area contributed by atoms with E-state index in [1.165, 1.54) is 5.56 Å². The third-order valence-electron chi connectivity index (χ3n) is 6.67. The average molecular weight is 441 g/mol. The first-order valence-corrected chi connectivity index (χ1v) is 10.7. The molecule has 2 heterocycles. The molecule has 1 amide bonds. The predicted molar refractivity (Wildman–Crippen MR) is 120 cm³/mol. The van der Waals surface area contributed by atoms with Crippen LogP contribution < -0.4 is 14.2 Å². The fraction of sp³-hybridized carbons (Fsp3) is 0.375. The maximum Gasteiger partial charge on any atom is 0.220 e. The Kier molecular flexibility index (Phi) is 4.59. The highest BCUT2D eigenvalue weighted by Crippen LogP contribution is 2.59. The van der Waals surface area contributed by atoms with E-state index in [1.807, 2.05) is 23.1 Å². The van der Waals surface area contributed by atoms with Crippen molar-refractivity contribution in [1.82, 2.24) is 9.88 Å². The minimum absolute atomic E-state index is 0.0297. The molecule has 1 N–H and O–H groups in total. The molecular weight excluding hydrogens is 416 g/mol. The molecule has 3 aromatic rings. The van der Waals surface area contributed by atoms with Crippen molar-refractivity contribution in [2.75, 3.05) is 27.9 Å². The molecule has 1 spiro atoms. The molecule has 1 atom stereocenters. The minimum atomic E-state index is -0.311. The molecule has 1 unspecified atom stereocenters. The Morgan fingerprint density at radius 1 is 1.10 bits per heavy atom. The van der Waals surface area contributed by atoms with Crippen molar-refractivity contribution >= 4 is 28.4 Å². The van der Waals surface area contributed by atoms with Gasteiger partial charge in [-0.15, -0.1) is 0 Å². The first-order chi connectivity index (χ1) is 14.9. The number of nitrogens with one attached hydrogen (secondary N) is 1. The molecule has 0 saturated heterocycles. The van der Waals surface area contributed by atoms with Crippen molar-refractivity contribution < 1.29 is 19.0 Å². The Morgan fingerprint density at radius 2 is 1.84 bits per heavy atom. The topological polar surface area (TPSA) is 63.8 Å². The number of ether oxygens (including phenoxy) is 3. The summed E-state index contributed by atoms with van der Waals surface area (Å²) in [6.07, 6.45) is 2.08. The van der Waals surface area contributed by atoms with E-state index < -0.39 is 0 Å². The Morgan fingerprint density at radius 3 is 2.45 bits per heavy atom. The second-order valence-electron chi connectivity index (χ2n) is 8.38. The lowest BCUT2D eigenvalue weighted by molar-refractivity contribution is -0.131. The van der Waals surface area contributed by atoms with Crippen molar-refractivity contribution in [3.05, 3.63) is 52.2 Å². The van der Waals surface area contributed by atoms with Gasteiger partial charge in [-0.2, -0.15) is 0 Å². The summed E-state index contributed by atoms with van der Waals surface area (Å²) in [6, 6.07) is 9.21. The lowest BCUT2D eigenvalue weighted by atomic mass is 9.83. The highest BCUT2D eigenvalue weighted by molar-refractivity contribution is 6.30. The van der Waals surface area contributed by atoms with E-state index in [9.17, 15) is 4.79 Å². The third-order valence-corrected chi connectivity index (χ3v) is 6.90. The SMILES string of the molecule is COc1cc(OC)c2[nH]c3c(c2c1)C1(CC1)CN(C(C)=O)C3c1ccc(Cl)cc1OC. The van der Waals surface area contributed by atoms with Crippen LogP contribution in [0, 0.1) is 0 Å². The highest BCUT2D eigenvalue weighted by Gasteiger charge is 2.54. The van der Waals surface area contributed by atoms with Gasteiger partial charge in [-0.05, 0) is 36.6 Å². The number of carbonyl (C=O) groups excluding carboxylic acids is 1. The molecule has 2 aliphatic rings. The molecule has 7 heteroatoms. The molecule has 1 aromatic heterocycles. The van der Waals surface area contributed by atoms with Crippen molar-refractivity contribution in [3.8, 4) is 17.2 Å². The van der Waals surface area contributed by atoms with Gasteiger partial charge in [-0.25, -0.2) is 0 Å². The molecule has 162 valence electrons. The Hall–Kier alpha value is -2.86. The summed E-state index contributed by atoms with van der Waals surface area (Å²) in [4.78, 5) is 18.4. The van der Waals surface area contributed by atoms with Gasteiger partial charge in [-0.1, -0.05) is 17.7 Å². The van der Waals surface area contributed by atoms with Crippen molar-refractivity contribution in [2.45, 2.75) is 31.2 Å². The number of aromatic amines is 1. The van der Waals surface area contributed by atoms with E-state index in [2.05, 4.69) is 11.1 Å². The Bertz CT molecular complexity index is 1200. The van der Waals surface area contributed by atoms with Crippen LogP contribution in [0.1, 0.15) is 42.6 Å². The Balaban J connectivity index is 1.83. The summed E-state index contributed by atoms with van der Waals surface area (Å²) >= 11 is 6.23. The molecule has 6 nitrogen and oxygen atoms in total. The van der Waals surface area contributed by atoms with Gasteiger partial charge < -0.3 is 24.1 Å². The van der Waals surface area contributed by atoms with Crippen LogP contribution in [0.15, 0.2) is 30.3 Å². The summed E-state index contributed by atoms with van der Waals surface area (Å²) in [5, 5.41) is 1.68. The van der Waals surface area contributed by atoms with Gasteiger partial charge in [-0.3, -0.25) is 4.79 Å². The second kappa shape index (κ2) is 7.09. The average Bonchev–Trinajstić information content (AvgIpc) is 3.42. The first kappa shape index (κ1) is 20.1. The molecule has 5 rings (SSSR count). The number of benzene rings is 2. The molecular formula is C24H25ClN2O4. The van der Waals surface area contributed by atoms with Crippen molar-refractivity contribution in [3.63, 3.8) is 0 Å². The summed E-state index contributed by atoms with van der Waals surface area (Å²) in [6.45, 7) is 2.29. The van der Waals surface area contributed by atoms with Crippen LogP contribution in [0.4, 0.5) is 0 Å². The second-order valence-corrected chi connectivity index (χ2v) is 8.82. The van der Waals surface area contributed by atoms with E-state index in [4.69, 9.17) is 25.8 Å². The summed E-state index contributed by atoms with van der Waals surface area (Å²) in [7, 11) is 4.94. The van der Waals surface area contributed by atoms with Gasteiger partial charge in [0.05, 0.1) is 26.8 Å². The molecule has 2 aromatic carbocycles. The number of fused-ring (bicyclic) bond motifs is 4. The van der Waals surface area contributed by atoms with Crippen molar-refractivity contribution in [2.24, 2.45) is 0 Å².